The molecular weight excluding hydrogens is 206 g/mol. The van der Waals surface area contributed by atoms with E-state index in [1.165, 1.54) is 0 Å². The van der Waals surface area contributed by atoms with Crippen LogP contribution in [-0.4, -0.2) is 29.6 Å². The van der Waals surface area contributed by atoms with Crippen LogP contribution < -0.4 is 16.2 Å². The van der Waals surface area contributed by atoms with Gasteiger partial charge in [-0.25, -0.2) is 0 Å². The summed E-state index contributed by atoms with van der Waals surface area (Å²) in [6.07, 6.45) is 2.30. The number of aromatic nitrogens is 1. The summed E-state index contributed by atoms with van der Waals surface area (Å²) < 4.78 is 1.65. The smallest absolute Gasteiger partial charge is 0.250 e. The molecule has 1 aliphatic heterocycles. The normalized spacial score (nSPS) is 19.8. The first-order valence-corrected chi connectivity index (χ1v) is 5.41. The van der Waals surface area contributed by atoms with Gasteiger partial charge in [0.2, 0.25) is 5.91 Å². The minimum atomic E-state index is 0.00456. The van der Waals surface area contributed by atoms with Crippen molar-refractivity contribution in [2.24, 2.45) is 0 Å². The lowest BCUT2D eigenvalue weighted by molar-refractivity contribution is -0.119. The third kappa shape index (κ3) is 2.70. The van der Waals surface area contributed by atoms with E-state index in [1.54, 1.807) is 22.9 Å². The molecule has 0 radical (unpaired) electrons. The Bertz CT molecular complexity index is 427. The fourth-order valence-corrected chi connectivity index (χ4v) is 1.78. The SMILES string of the molecule is O=C1CC(NCCn2ccccc2=O)CN1. The largest absolute Gasteiger partial charge is 0.354 e. The molecule has 1 amide bonds. The quantitative estimate of drug-likeness (QED) is 0.708. The number of amides is 1. The van der Waals surface area contributed by atoms with Crippen LogP contribution >= 0.6 is 0 Å². The number of nitrogens with one attached hydrogen (secondary N) is 2. The zero-order valence-electron chi connectivity index (χ0n) is 8.98. The van der Waals surface area contributed by atoms with Gasteiger partial charge in [0.05, 0.1) is 0 Å². The third-order valence-corrected chi connectivity index (χ3v) is 2.66. The monoisotopic (exact) mass is 221 g/mol. The lowest BCUT2D eigenvalue weighted by Crippen LogP contribution is -2.34. The maximum Gasteiger partial charge on any atom is 0.250 e. The van der Waals surface area contributed by atoms with E-state index in [4.69, 9.17) is 0 Å². The molecule has 1 fully saturated rings. The summed E-state index contributed by atoms with van der Waals surface area (Å²) in [6, 6.07) is 5.31. The van der Waals surface area contributed by atoms with Gasteiger partial charge in [-0.05, 0) is 6.07 Å². The van der Waals surface area contributed by atoms with Gasteiger partial charge in [0, 0.05) is 44.4 Å². The van der Waals surface area contributed by atoms with Crippen molar-refractivity contribution in [3.63, 3.8) is 0 Å². The van der Waals surface area contributed by atoms with Crippen molar-refractivity contribution in [1.29, 1.82) is 0 Å². The van der Waals surface area contributed by atoms with Gasteiger partial charge < -0.3 is 15.2 Å². The fourth-order valence-electron chi connectivity index (χ4n) is 1.78. The highest BCUT2D eigenvalue weighted by atomic mass is 16.2. The Balaban J connectivity index is 1.78. The summed E-state index contributed by atoms with van der Waals surface area (Å²) in [5.74, 6) is 0.0920. The number of carbonyl (C=O) groups excluding carboxylic acids is 1. The van der Waals surface area contributed by atoms with Gasteiger partial charge in [0.25, 0.3) is 5.56 Å². The zero-order valence-corrected chi connectivity index (χ0v) is 8.98. The Kier molecular flexibility index (Phi) is 3.36. The minimum absolute atomic E-state index is 0.00456. The first-order valence-electron chi connectivity index (χ1n) is 5.41. The Labute approximate surface area is 93.5 Å². The Hall–Kier alpha value is -1.62. The molecule has 1 aromatic rings. The van der Waals surface area contributed by atoms with Crippen LogP contribution in [0.25, 0.3) is 0 Å². The van der Waals surface area contributed by atoms with Gasteiger partial charge in [-0.15, -0.1) is 0 Å². The van der Waals surface area contributed by atoms with Crippen molar-refractivity contribution in [2.45, 2.75) is 19.0 Å². The summed E-state index contributed by atoms with van der Waals surface area (Å²) in [6.45, 7) is 2.01. The topological polar surface area (TPSA) is 63.1 Å². The zero-order chi connectivity index (χ0) is 11.4. The predicted octanol–water partition coefficient (Wildman–Crippen LogP) is -0.674. The predicted molar refractivity (Wildman–Crippen MR) is 60.1 cm³/mol. The molecule has 1 aliphatic rings. The summed E-state index contributed by atoms with van der Waals surface area (Å²) in [7, 11) is 0. The maximum absolute atomic E-state index is 11.4. The molecule has 0 spiro atoms. The van der Waals surface area contributed by atoms with E-state index in [9.17, 15) is 9.59 Å². The molecular formula is C11H15N3O2. The lowest BCUT2D eigenvalue weighted by Gasteiger charge is -2.10. The molecule has 0 bridgehead atoms. The molecule has 5 nitrogen and oxygen atoms in total. The van der Waals surface area contributed by atoms with Crippen molar-refractivity contribution in [3.8, 4) is 0 Å². The molecule has 0 aliphatic carbocycles. The highest BCUT2D eigenvalue weighted by Gasteiger charge is 2.19. The molecule has 1 unspecified atom stereocenters. The van der Waals surface area contributed by atoms with Crippen LogP contribution in [-0.2, 0) is 11.3 Å². The molecule has 16 heavy (non-hydrogen) atoms. The highest BCUT2D eigenvalue weighted by molar-refractivity contribution is 5.78. The van der Waals surface area contributed by atoms with Crippen LogP contribution in [0.1, 0.15) is 6.42 Å². The van der Waals surface area contributed by atoms with Gasteiger partial charge in [-0.3, -0.25) is 9.59 Å². The standard InChI is InChI=1S/C11H15N3O2/c15-10-7-9(8-13-10)12-4-6-14-5-2-1-3-11(14)16/h1-3,5,9,12H,4,6-8H2,(H,13,15). The summed E-state index contributed by atoms with van der Waals surface area (Å²) >= 11 is 0. The van der Waals surface area contributed by atoms with E-state index in [0.29, 0.717) is 26.1 Å². The molecule has 0 saturated carbocycles. The third-order valence-electron chi connectivity index (χ3n) is 2.66. The summed E-state index contributed by atoms with van der Waals surface area (Å²) in [4.78, 5) is 22.3. The van der Waals surface area contributed by atoms with Crippen molar-refractivity contribution in [1.82, 2.24) is 15.2 Å². The Morgan fingerprint density at radius 3 is 3.00 bits per heavy atom. The van der Waals surface area contributed by atoms with Crippen molar-refractivity contribution < 1.29 is 4.79 Å². The van der Waals surface area contributed by atoms with Gasteiger partial charge >= 0.3 is 0 Å². The van der Waals surface area contributed by atoms with E-state index in [1.807, 2.05) is 6.07 Å². The van der Waals surface area contributed by atoms with E-state index in [-0.39, 0.29) is 17.5 Å². The number of nitrogens with zero attached hydrogens (tertiary/aromatic N) is 1. The summed E-state index contributed by atoms with van der Waals surface area (Å²) in [5.41, 5.74) is 0.00456. The Morgan fingerprint density at radius 1 is 1.44 bits per heavy atom. The van der Waals surface area contributed by atoms with Crippen molar-refractivity contribution >= 4 is 5.91 Å². The van der Waals surface area contributed by atoms with Crippen LogP contribution in [0.4, 0.5) is 0 Å². The number of hydrogen-bond acceptors (Lipinski definition) is 3. The number of carbonyl (C=O) groups is 1. The molecule has 0 aromatic carbocycles. The highest BCUT2D eigenvalue weighted by Crippen LogP contribution is 1.98. The lowest BCUT2D eigenvalue weighted by atomic mass is 10.2. The molecule has 1 aromatic heterocycles. The fraction of sp³-hybridized carbons (Fsp3) is 0.455. The van der Waals surface area contributed by atoms with E-state index < -0.39 is 0 Å². The van der Waals surface area contributed by atoms with Crippen LogP contribution in [0.2, 0.25) is 0 Å². The van der Waals surface area contributed by atoms with Crippen molar-refractivity contribution in [3.05, 3.63) is 34.7 Å². The van der Waals surface area contributed by atoms with Crippen LogP contribution in [0.15, 0.2) is 29.2 Å². The number of rotatable bonds is 4. The average Bonchev–Trinajstić information content (AvgIpc) is 2.67. The number of hydrogen-bond donors (Lipinski definition) is 2. The van der Waals surface area contributed by atoms with E-state index >= 15 is 0 Å². The van der Waals surface area contributed by atoms with E-state index in [0.717, 1.165) is 0 Å². The van der Waals surface area contributed by atoms with Crippen molar-refractivity contribution in [2.75, 3.05) is 13.1 Å². The second kappa shape index (κ2) is 4.94. The van der Waals surface area contributed by atoms with Crippen LogP contribution in [0, 0.1) is 0 Å². The maximum atomic E-state index is 11.4. The molecule has 1 atom stereocenters. The Morgan fingerprint density at radius 2 is 2.31 bits per heavy atom. The van der Waals surface area contributed by atoms with Gasteiger partial charge in [-0.2, -0.15) is 0 Å². The van der Waals surface area contributed by atoms with Gasteiger partial charge in [-0.1, -0.05) is 6.07 Å². The van der Waals surface area contributed by atoms with Gasteiger partial charge in [0.1, 0.15) is 0 Å². The van der Waals surface area contributed by atoms with E-state index in [2.05, 4.69) is 10.6 Å². The molecule has 2 N–H and O–H groups in total. The minimum Gasteiger partial charge on any atom is -0.354 e. The molecule has 2 heterocycles. The van der Waals surface area contributed by atoms with Gasteiger partial charge in [0.15, 0.2) is 0 Å². The molecule has 5 heteroatoms. The number of pyridine rings is 1. The average molecular weight is 221 g/mol. The van der Waals surface area contributed by atoms with Crippen LogP contribution in [0.5, 0.6) is 0 Å². The second-order valence-electron chi connectivity index (χ2n) is 3.89. The molecule has 86 valence electrons. The molecule has 2 rings (SSSR count). The summed E-state index contributed by atoms with van der Waals surface area (Å²) in [5, 5.41) is 6.00. The van der Waals surface area contributed by atoms with Crippen LogP contribution in [0.3, 0.4) is 0 Å². The second-order valence-corrected chi connectivity index (χ2v) is 3.89. The first kappa shape index (κ1) is 10.9. The first-order chi connectivity index (χ1) is 7.75. The molecule has 1 saturated heterocycles.